The van der Waals surface area contributed by atoms with Crippen LogP contribution in [0, 0.1) is 0 Å². The SMILES string of the molecule is CCOC(=O)C1=C(COC(=O)CN2CCSC2=O)NC(=O)N[C@@H]1CC. The highest BCUT2D eigenvalue weighted by atomic mass is 32.2. The van der Waals surface area contributed by atoms with Crippen molar-refractivity contribution in [3.63, 3.8) is 0 Å². The predicted octanol–water partition coefficient (Wildman–Crippen LogP) is 0.607. The molecule has 2 aliphatic heterocycles. The van der Waals surface area contributed by atoms with Crippen molar-refractivity contribution in [2.24, 2.45) is 0 Å². The molecule has 10 heteroatoms. The molecular formula is C15H21N3O6S. The van der Waals surface area contributed by atoms with Crippen LogP contribution in [0.4, 0.5) is 9.59 Å². The molecule has 0 bridgehead atoms. The number of thioether (sulfide) groups is 1. The maximum atomic E-state index is 12.2. The smallest absolute Gasteiger partial charge is 0.338 e. The Morgan fingerprint density at radius 2 is 2.04 bits per heavy atom. The molecule has 25 heavy (non-hydrogen) atoms. The van der Waals surface area contributed by atoms with Crippen molar-refractivity contribution >= 4 is 35.0 Å². The zero-order valence-corrected chi connectivity index (χ0v) is 14.9. The summed E-state index contributed by atoms with van der Waals surface area (Å²) in [5, 5.41) is 4.97. The summed E-state index contributed by atoms with van der Waals surface area (Å²) in [4.78, 5) is 48.7. The second-order valence-electron chi connectivity index (χ2n) is 5.37. The maximum Gasteiger partial charge on any atom is 0.338 e. The molecular weight excluding hydrogens is 350 g/mol. The number of urea groups is 1. The van der Waals surface area contributed by atoms with E-state index in [1.165, 1.54) is 4.90 Å². The van der Waals surface area contributed by atoms with Crippen LogP contribution in [0.2, 0.25) is 0 Å². The Bertz CT molecular complexity index is 606. The van der Waals surface area contributed by atoms with Crippen molar-refractivity contribution in [3.05, 3.63) is 11.3 Å². The number of nitrogens with one attached hydrogen (secondary N) is 2. The third-order valence-electron chi connectivity index (χ3n) is 3.69. The fourth-order valence-electron chi connectivity index (χ4n) is 2.50. The standard InChI is InChI=1S/C15H21N3O6S/c1-3-9-12(13(20)23-4-2)10(17-14(21)16-9)8-24-11(19)7-18-5-6-25-15(18)22/h9H,3-8H2,1-2H3,(H2,16,17,21)/t9-/m1/s1. The van der Waals surface area contributed by atoms with E-state index in [-0.39, 0.29) is 36.3 Å². The molecule has 0 radical (unpaired) electrons. The van der Waals surface area contributed by atoms with Crippen LogP contribution in [0.3, 0.4) is 0 Å². The van der Waals surface area contributed by atoms with Crippen molar-refractivity contribution in [1.29, 1.82) is 0 Å². The lowest BCUT2D eigenvalue weighted by Gasteiger charge is -2.28. The van der Waals surface area contributed by atoms with Gasteiger partial charge in [0.1, 0.15) is 13.2 Å². The Labute approximate surface area is 149 Å². The van der Waals surface area contributed by atoms with Crippen LogP contribution in [-0.2, 0) is 19.1 Å². The molecule has 2 N–H and O–H groups in total. The Hall–Kier alpha value is -2.23. The first-order chi connectivity index (χ1) is 12.0. The molecule has 3 amide bonds. The monoisotopic (exact) mass is 371 g/mol. The van der Waals surface area contributed by atoms with E-state index in [0.717, 1.165) is 11.8 Å². The van der Waals surface area contributed by atoms with Crippen molar-refractivity contribution in [3.8, 4) is 0 Å². The number of carbonyl (C=O) groups excluding carboxylic acids is 4. The molecule has 0 aromatic heterocycles. The lowest BCUT2D eigenvalue weighted by molar-refractivity contribution is -0.144. The van der Waals surface area contributed by atoms with Crippen LogP contribution in [0.15, 0.2) is 11.3 Å². The summed E-state index contributed by atoms with van der Waals surface area (Å²) in [5.41, 5.74) is 0.439. The fraction of sp³-hybridized carbons (Fsp3) is 0.600. The van der Waals surface area contributed by atoms with Crippen molar-refractivity contribution in [2.45, 2.75) is 26.3 Å². The average molecular weight is 371 g/mol. The maximum absolute atomic E-state index is 12.2. The molecule has 0 spiro atoms. The minimum absolute atomic E-state index is 0.156. The molecule has 0 aliphatic carbocycles. The second kappa shape index (κ2) is 8.75. The molecule has 1 saturated heterocycles. The van der Waals surface area contributed by atoms with Crippen LogP contribution < -0.4 is 10.6 Å². The summed E-state index contributed by atoms with van der Waals surface area (Å²) in [6.07, 6.45) is 0.485. The van der Waals surface area contributed by atoms with Gasteiger partial charge in [-0.15, -0.1) is 0 Å². The van der Waals surface area contributed by atoms with Gasteiger partial charge in [0, 0.05) is 12.3 Å². The zero-order valence-electron chi connectivity index (χ0n) is 14.1. The Balaban J connectivity index is 2.06. The van der Waals surface area contributed by atoms with Gasteiger partial charge >= 0.3 is 18.0 Å². The Kier molecular flexibility index (Phi) is 6.68. The summed E-state index contributed by atoms with van der Waals surface area (Å²) in [5.74, 6) is -0.532. The van der Waals surface area contributed by atoms with Gasteiger partial charge in [0.05, 0.1) is 23.9 Å². The van der Waals surface area contributed by atoms with E-state index in [4.69, 9.17) is 9.47 Å². The number of amides is 3. The number of rotatable bonds is 7. The normalized spacial score (nSPS) is 20.2. The zero-order chi connectivity index (χ0) is 18.4. The van der Waals surface area contributed by atoms with E-state index < -0.39 is 24.0 Å². The van der Waals surface area contributed by atoms with Crippen molar-refractivity contribution in [1.82, 2.24) is 15.5 Å². The molecule has 0 saturated carbocycles. The van der Waals surface area contributed by atoms with Gasteiger partial charge in [0.2, 0.25) is 0 Å². The summed E-state index contributed by atoms with van der Waals surface area (Å²) in [6, 6.07) is -0.991. The third-order valence-corrected chi connectivity index (χ3v) is 4.58. The minimum atomic E-state index is -0.604. The van der Waals surface area contributed by atoms with Gasteiger partial charge in [-0.2, -0.15) is 0 Å². The van der Waals surface area contributed by atoms with Crippen molar-refractivity contribution in [2.75, 3.05) is 32.1 Å². The number of hydrogen-bond acceptors (Lipinski definition) is 7. The van der Waals surface area contributed by atoms with Crippen LogP contribution in [0.5, 0.6) is 0 Å². The first-order valence-electron chi connectivity index (χ1n) is 8.01. The van der Waals surface area contributed by atoms with Gasteiger partial charge in [-0.05, 0) is 13.3 Å². The van der Waals surface area contributed by atoms with Crippen LogP contribution in [0.25, 0.3) is 0 Å². The minimum Gasteiger partial charge on any atom is -0.463 e. The van der Waals surface area contributed by atoms with Crippen LogP contribution >= 0.6 is 11.8 Å². The fourth-order valence-corrected chi connectivity index (χ4v) is 3.32. The summed E-state index contributed by atoms with van der Waals surface area (Å²) in [6.45, 7) is 3.75. The third kappa shape index (κ3) is 4.88. The summed E-state index contributed by atoms with van der Waals surface area (Å²) < 4.78 is 10.2. The molecule has 138 valence electrons. The molecule has 2 heterocycles. The molecule has 0 unspecified atom stereocenters. The van der Waals surface area contributed by atoms with Gasteiger partial charge in [-0.1, -0.05) is 18.7 Å². The van der Waals surface area contributed by atoms with E-state index in [9.17, 15) is 19.2 Å². The Morgan fingerprint density at radius 3 is 2.64 bits per heavy atom. The summed E-state index contributed by atoms with van der Waals surface area (Å²) >= 11 is 1.15. The molecule has 1 atom stereocenters. The number of carbonyl (C=O) groups is 4. The van der Waals surface area contributed by atoms with E-state index in [0.29, 0.717) is 18.7 Å². The number of esters is 2. The first-order valence-corrected chi connectivity index (χ1v) is 8.99. The van der Waals surface area contributed by atoms with Gasteiger partial charge in [0.15, 0.2) is 0 Å². The average Bonchev–Trinajstić information content (AvgIpc) is 2.97. The summed E-state index contributed by atoms with van der Waals surface area (Å²) in [7, 11) is 0. The Morgan fingerprint density at radius 1 is 1.28 bits per heavy atom. The quantitative estimate of drug-likeness (QED) is 0.630. The van der Waals surface area contributed by atoms with E-state index >= 15 is 0 Å². The largest absolute Gasteiger partial charge is 0.463 e. The number of hydrogen-bond donors (Lipinski definition) is 2. The number of nitrogens with zero attached hydrogens (tertiary/aromatic N) is 1. The van der Waals surface area contributed by atoms with E-state index in [2.05, 4.69) is 10.6 Å². The number of ether oxygens (including phenoxy) is 2. The van der Waals surface area contributed by atoms with Gasteiger partial charge in [0.25, 0.3) is 5.24 Å². The van der Waals surface area contributed by atoms with E-state index in [1.807, 2.05) is 6.92 Å². The van der Waals surface area contributed by atoms with Crippen molar-refractivity contribution < 1.29 is 28.7 Å². The molecule has 1 fully saturated rings. The lowest BCUT2D eigenvalue weighted by Crippen LogP contribution is -2.51. The highest BCUT2D eigenvalue weighted by Gasteiger charge is 2.32. The molecule has 0 aromatic carbocycles. The highest BCUT2D eigenvalue weighted by Crippen LogP contribution is 2.18. The molecule has 2 rings (SSSR count). The first kappa shape index (κ1) is 19.1. The van der Waals surface area contributed by atoms with Gasteiger partial charge in [-0.3, -0.25) is 9.59 Å². The van der Waals surface area contributed by atoms with Gasteiger partial charge in [-0.25, -0.2) is 9.59 Å². The second-order valence-corrected chi connectivity index (χ2v) is 6.41. The van der Waals surface area contributed by atoms with Crippen LogP contribution in [0.1, 0.15) is 20.3 Å². The highest BCUT2D eigenvalue weighted by molar-refractivity contribution is 8.13. The topological polar surface area (TPSA) is 114 Å². The van der Waals surface area contributed by atoms with Crippen LogP contribution in [-0.4, -0.2) is 66.2 Å². The lowest BCUT2D eigenvalue weighted by atomic mass is 10.0. The van der Waals surface area contributed by atoms with E-state index in [1.54, 1.807) is 6.92 Å². The molecule has 9 nitrogen and oxygen atoms in total. The molecule has 0 aromatic rings. The molecule has 2 aliphatic rings. The van der Waals surface area contributed by atoms with Gasteiger partial charge < -0.3 is 25.0 Å². The predicted molar refractivity (Wildman–Crippen MR) is 89.8 cm³/mol.